The number of carbonyl (C=O) groups is 1. The Bertz CT molecular complexity index is 659. The number of hydrogen-bond donors (Lipinski definition) is 1. The van der Waals surface area contributed by atoms with Gasteiger partial charge in [0.2, 0.25) is 5.91 Å². The van der Waals surface area contributed by atoms with E-state index in [1.807, 2.05) is 18.3 Å². The molecule has 26 heavy (non-hydrogen) atoms. The molecule has 1 aromatic heterocycles. The Labute approximate surface area is 155 Å². The number of ether oxygens (including phenoxy) is 1. The molecule has 0 radical (unpaired) electrons. The molecule has 0 saturated carbocycles. The lowest BCUT2D eigenvalue weighted by atomic mass is 9.91. The summed E-state index contributed by atoms with van der Waals surface area (Å²) in [6.07, 6.45) is 10.6. The minimum Gasteiger partial charge on any atom is -0.497 e. The molecule has 0 unspecified atom stereocenters. The number of methoxy groups -OCH3 is 1. The molecule has 1 aliphatic rings. The van der Waals surface area contributed by atoms with Gasteiger partial charge in [-0.05, 0) is 62.1 Å². The average Bonchev–Trinajstić information content (AvgIpc) is 3.21. The minimum atomic E-state index is 0.311. The molecule has 3 rings (SSSR count). The van der Waals surface area contributed by atoms with Crippen LogP contribution in [-0.2, 0) is 17.6 Å². The molecule has 1 saturated heterocycles. The zero-order valence-corrected chi connectivity index (χ0v) is 15.6. The van der Waals surface area contributed by atoms with Crippen LogP contribution in [0.1, 0.15) is 43.4 Å². The lowest BCUT2D eigenvalue weighted by Gasteiger charge is -2.32. The number of rotatable bonds is 8. The molecule has 0 bridgehead atoms. The number of imidazole rings is 1. The summed E-state index contributed by atoms with van der Waals surface area (Å²) < 4.78 is 5.17. The van der Waals surface area contributed by atoms with Gasteiger partial charge in [0.15, 0.2) is 0 Å². The van der Waals surface area contributed by atoms with Crippen molar-refractivity contribution in [1.82, 2.24) is 14.9 Å². The van der Waals surface area contributed by atoms with Gasteiger partial charge >= 0.3 is 0 Å². The Morgan fingerprint density at radius 3 is 2.65 bits per heavy atom. The van der Waals surface area contributed by atoms with Crippen LogP contribution in [0.15, 0.2) is 36.8 Å². The third-order valence-corrected chi connectivity index (χ3v) is 5.36. The molecule has 5 heteroatoms. The summed E-state index contributed by atoms with van der Waals surface area (Å²) in [7, 11) is 1.67. The molecule has 1 aromatic carbocycles. The summed E-state index contributed by atoms with van der Waals surface area (Å²) in [6, 6.07) is 8.11. The van der Waals surface area contributed by atoms with Gasteiger partial charge in [0, 0.05) is 31.4 Å². The molecule has 1 aliphatic heterocycles. The number of carbonyl (C=O) groups excluding carboxylic acids is 1. The van der Waals surface area contributed by atoms with Gasteiger partial charge in [-0.1, -0.05) is 12.1 Å². The first kappa shape index (κ1) is 18.5. The maximum absolute atomic E-state index is 12.4. The predicted molar refractivity (Wildman–Crippen MR) is 102 cm³/mol. The van der Waals surface area contributed by atoms with E-state index in [9.17, 15) is 4.79 Å². The zero-order chi connectivity index (χ0) is 18.2. The summed E-state index contributed by atoms with van der Waals surface area (Å²) in [4.78, 5) is 21.7. The van der Waals surface area contributed by atoms with Crippen LogP contribution >= 0.6 is 0 Å². The monoisotopic (exact) mass is 355 g/mol. The van der Waals surface area contributed by atoms with Crippen molar-refractivity contribution in [3.8, 4) is 5.75 Å². The Morgan fingerprint density at radius 2 is 2.00 bits per heavy atom. The third kappa shape index (κ3) is 5.35. The van der Waals surface area contributed by atoms with E-state index in [0.29, 0.717) is 12.3 Å². The van der Waals surface area contributed by atoms with Crippen molar-refractivity contribution >= 4 is 5.91 Å². The SMILES string of the molecule is COc1ccc(CCCC(=O)N2CCC(CCc3cnc[nH]3)CC2)cc1. The Kier molecular flexibility index (Phi) is 6.69. The Morgan fingerprint density at radius 1 is 1.23 bits per heavy atom. The number of H-pyrrole nitrogens is 1. The van der Waals surface area contributed by atoms with Crippen molar-refractivity contribution in [2.24, 2.45) is 5.92 Å². The third-order valence-electron chi connectivity index (χ3n) is 5.36. The second kappa shape index (κ2) is 9.41. The van der Waals surface area contributed by atoms with E-state index < -0.39 is 0 Å². The first-order valence-electron chi connectivity index (χ1n) is 9.62. The fraction of sp³-hybridized carbons (Fsp3) is 0.524. The van der Waals surface area contributed by atoms with E-state index in [2.05, 4.69) is 27.0 Å². The second-order valence-electron chi connectivity index (χ2n) is 7.14. The number of nitrogens with zero attached hydrogens (tertiary/aromatic N) is 2. The number of aromatic amines is 1. The van der Waals surface area contributed by atoms with E-state index in [4.69, 9.17) is 4.74 Å². The fourth-order valence-electron chi connectivity index (χ4n) is 3.65. The van der Waals surface area contributed by atoms with Gasteiger partial charge in [0.1, 0.15) is 5.75 Å². The molecule has 1 amide bonds. The van der Waals surface area contributed by atoms with Crippen LogP contribution in [0.2, 0.25) is 0 Å². The topological polar surface area (TPSA) is 58.2 Å². The standard InChI is InChI=1S/C21H29N3O2/c1-26-20-9-6-17(7-10-20)3-2-4-21(25)24-13-11-18(12-14-24)5-8-19-15-22-16-23-19/h6-7,9-10,15-16,18H,2-5,8,11-14H2,1H3,(H,22,23). The lowest BCUT2D eigenvalue weighted by molar-refractivity contribution is -0.132. The highest BCUT2D eigenvalue weighted by Gasteiger charge is 2.22. The maximum Gasteiger partial charge on any atom is 0.222 e. The zero-order valence-electron chi connectivity index (χ0n) is 15.6. The van der Waals surface area contributed by atoms with E-state index in [0.717, 1.165) is 56.9 Å². The number of amides is 1. The largest absolute Gasteiger partial charge is 0.497 e. The molecule has 5 nitrogen and oxygen atoms in total. The highest BCUT2D eigenvalue weighted by molar-refractivity contribution is 5.76. The molecular formula is C21H29N3O2. The second-order valence-corrected chi connectivity index (χ2v) is 7.14. The van der Waals surface area contributed by atoms with Crippen molar-refractivity contribution in [1.29, 1.82) is 0 Å². The molecule has 1 N–H and O–H groups in total. The summed E-state index contributed by atoms with van der Waals surface area (Å²) in [5.74, 6) is 1.91. The first-order valence-corrected chi connectivity index (χ1v) is 9.62. The quantitative estimate of drug-likeness (QED) is 0.787. The van der Waals surface area contributed by atoms with E-state index >= 15 is 0 Å². The van der Waals surface area contributed by atoms with E-state index in [-0.39, 0.29) is 0 Å². The number of nitrogens with one attached hydrogen (secondary N) is 1. The van der Waals surface area contributed by atoms with Crippen LogP contribution < -0.4 is 4.74 Å². The smallest absolute Gasteiger partial charge is 0.222 e. The Hall–Kier alpha value is -2.30. The average molecular weight is 355 g/mol. The van der Waals surface area contributed by atoms with Crippen molar-refractivity contribution in [3.05, 3.63) is 48.0 Å². The van der Waals surface area contributed by atoms with E-state index in [1.165, 1.54) is 17.7 Å². The van der Waals surface area contributed by atoms with Crippen LogP contribution in [0.3, 0.4) is 0 Å². The van der Waals surface area contributed by atoms with Crippen molar-refractivity contribution in [3.63, 3.8) is 0 Å². The normalized spacial score (nSPS) is 15.2. The van der Waals surface area contributed by atoms with Crippen molar-refractivity contribution in [2.45, 2.75) is 44.9 Å². The van der Waals surface area contributed by atoms with Gasteiger partial charge in [0.25, 0.3) is 0 Å². The molecular weight excluding hydrogens is 326 g/mol. The molecule has 140 valence electrons. The summed E-state index contributed by atoms with van der Waals surface area (Å²) in [6.45, 7) is 1.82. The van der Waals surface area contributed by atoms with E-state index in [1.54, 1.807) is 13.4 Å². The summed E-state index contributed by atoms with van der Waals surface area (Å²) in [5.41, 5.74) is 2.47. The van der Waals surface area contributed by atoms with Crippen molar-refractivity contribution < 1.29 is 9.53 Å². The number of aryl methyl sites for hydroxylation is 2. The van der Waals surface area contributed by atoms with Crippen LogP contribution in [-0.4, -0.2) is 41.0 Å². The van der Waals surface area contributed by atoms with Crippen LogP contribution in [0, 0.1) is 5.92 Å². The maximum atomic E-state index is 12.4. The highest BCUT2D eigenvalue weighted by Crippen LogP contribution is 2.23. The van der Waals surface area contributed by atoms with Crippen LogP contribution in [0.25, 0.3) is 0 Å². The molecule has 1 fully saturated rings. The number of aromatic nitrogens is 2. The van der Waals surface area contributed by atoms with Gasteiger partial charge < -0.3 is 14.6 Å². The highest BCUT2D eigenvalue weighted by atomic mass is 16.5. The van der Waals surface area contributed by atoms with Crippen molar-refractivity contribution in [2.75, 3.05) is 20.2 Å². The Balaban J connectivity index is 1.32. The molecule has 0 atom stereocenters. The lowest BCUT2D eigenvalue weighted by Crippen LogP contribution is -2.38. The summed E-state index contributed by atoms with van der Waals surface area (Å²) >= 11 is 0. The fourth-order valence-corrected chi connectivity index (χ4v) is 3.65. The molecule has 0 aliphatic carbocycles. The van der Waals surface area contributed by atoms with Crippen LogP contribution in [0.4, 0.5) is 0 Å². The molecule has 2 aromatic rings. The number of piperidine rings is 1. The number of likely N-dealkylation sites (tertiary alicyclic amines) is 1. The first-order chi connectivity index (χ1) is 12.7. The number of hydrogen-bond acceptors (Lipinski definition) is 3. The molecule has 0 spiro atoms. The van der Waals surface area contributed by atoms with Gasteiger partial charge in [-0.2, -0.15) is 0 Å². The van der Waals surface area contributed by atoms with Crippen LogP contribution in [0.5, 0.6) is 5.75 Å². The van der Waals surface area contributed by atoms with Gasteiger partial charge in [0.05, 0.1) is 13.4 Å². The minimum absolute atomic E-state index is 0.311. The van der Waals surface area contributed by atoms with Gasteiger partial charge in [-0.3, -0.25) is 4.79 Å². The van der Waals surface area contributed by atoms with Gasteiger partial charge in [-0.25, -0.2) is 4.98 Å². The number of benzene rings is 1. The van der Waals surface area contributed by atoms with Gasteiger partial charge in [-0.15, -0.1) is 0 Å². The molecule has 2 heterocycles. The predicted octanol–water partition coefficient (Wildman–Crippen LogP) is 3.61. The summed E-state index contributed by atoms with van der Waals surface area (Å²) in [5, 5.41) is 0.